The number of nitrogens with zero attached hydrogens (tertiary/aromatic N) is 1. The van der Waals surface area contributed by atoms with Crippen LogP contribution in [0.4, 0.5) is 0 Å². The highest BCUT2D eigenvalue weighted by Gasteiger charge is 2.13. The molecule has 0 spiro atoms. The molecule has 1 fully saturated rings. The van der Waals surface area contributed by atoms with Crippen molar-refractivity contribution >= 4 is 27.4 Å². The lowest BCUT2D eigenvalue weighted by Gasteiger charge is -2.26. The number of methoxy groups -OCH3 is 1. The standard InChI is InChI=1S/C19H25NO3S/c1-22-16-8-7-15-13-18(24-17(15)14-16)19(21)23-12-6-5-11-20-9-3-2-4-10-20/h7-8,13-14H,2-6,9-12H2,1H3. The monoisotopic (exact) mass is 347 g/mol. The third kappa shape index (κ3) is 4.48. The summed E-state index contributed by atoms with van der Waals surface area (Å²) in [6.45, 7) is 4.08. The molecule has 2 aromatic rings. The highest BCUT2D eigenvalue weighted by Crippen LogP contribution is 2.29. The molecule has 0 saturated carbocycles. The van der Waals surface area contributed by atoms with Gasteiger partial charge in [-0.15, -0.1) is 11.3 Å². The fraction of sp³-hybridized carbons (Fsp3) is 0.526. The Labute approximate surface area is 147 Å². The van der Waals surface area contributed by atoms with Crippen LogP contribution in [0.25, 0.3) is 10.1 Å². The zero-order valence-electron chi connectivity index (χ0n) is 14.3. The fourth-order valence-electron chi connectivity index (χ4n) is 3.10. The molecule has 0 radical (unpaired) electrons. The van der Waals surface area contributed by atoms with Crippen molar-refractivity contribution in [2.75, 3.05) is 33.4 Å². The number of hydrogen-bond donors (Lipinski definition) is 0. The van der Waals surface area contributed by atoms with E-state index in [9.17, 15) is 4.79 Å². The third-order valence-electron chi connectivity index (χ3n) is 4.48. The largest absolute Gasteiger partial charge is 0.497 e. The summed E-state index contributed by atoms with van der Waals surface area (Å²) in [6.07, 6.45) is 6.05. The second-order valence-electron chi connectivity index (χ2n) is 6.26. The molecule has 0 aliphatic carbocycles. The summed E-state index contributed by atoms with van der Waals surface area (Å²) in [5.74, 6) is 0.593. The van der Waals surface area contributed by atoms with Gasteiger partial charge in [0.1, 0.15) is 10.6 Å². The first kappa shape index (κ1) is 17.2. The van der Waals surface area contributed by atoms with Gasteiger partial charge in [0, 0.05) is 4.70 Å². The fourth-order valence-corrected chi connectivity index (χ4v) is 4.08. The molecule has 24 heavy (non-hydrogen) atoms. The maximum Gasteiger partial charge on any atom is 0.348 e. The Balaban J connectivity index is 1.43. The van der Waals surface area contributed by atoms with Gasteiger partial charge in [0.15, 0.2) is 0 Å². The first-order chi connectivity index (χ1) is 11.8. The number of carbonyl (C=O) groups excluding carboxylic acids is 1. The quantitative estimate of drug-likeness (QED) is 0.552. The molecule has 2 heterocycles. The summed E-state index contributed by atoms with van der Waals surface area (Å²) in [7, 11) is 1.65. The second-order valence-corrected chi connectivity index (χ2v) is 7.34. The number of piperidine rings is 1. The van der Waals surface area contributed by atoms with Crippen molar-refractivity contribution in [2.45, 2.75) is 32.1 Å². The predicted molar refractivity (Wildman–Crippen MR) is 98.2 cm³/mol. The van der Waals surface area contributed by atoms with E-state index in [2.05, 4.69) is 4.90 Å². The van der Waals surface area contributed by atoms with Crippen molar-refractivity contribution in [3.63, 3.8) is 0 Å². The first-order valence-electron chi connectivity index (χ1n) is 8.73. The lowest BCUT2D eigenvalue weighted by atomic mass is 10.1. The first-order valence-corrected chi connectivity index (χ1v) is 9.55. The Kier molecular flexibility index (Phi) is 6.10. The third-order valence-corrected chi connectivity index (χ3v) is 5.56. The Morgan fingerprint density at radius 1 is 1.17 bits per heavy atom. The zero-order valence-corrected chi connectivity index (χ0v) is 15.1. The van der Waals surface area contributed by atoms with Crippen LogP contribution in [-0.2, 0) is 4.74 Å². The highest BCUT2D eigenvalue weighted by molar-refractivity contribution is 7.20. The van der Waals surface area contributed by atoms with Crippen molar-refractivity contribution in [1.82, 2.24) is 4.90 Å². The van der Waals surface area contributed by atoms with Crippen LogP contribution >= 0.6 is 11.3 Å². The van der Waals surface area contributed by atoms with E-state index in [0.717, 1.165) is 35.2 Å². The van der Waals surface area contributed by atoms with E-state index in [1.165, 1.54) is 43.7 Å². The molecule has 0 bridgehead atoms. The van der Waals surface area contributed by atoms with Gasteiger partial charge < -0.3 is 14.4 Å². The molecule has 0 N–H and O–H groups in total. The number of benzene rings is 1. The number of fused-ring (bicyclic) bond motifs is 1. The van der Waals surface area contributed by atoms with Crippen molar-refractivity contribution in [3.8, 4) is 5.75 Å². The minimum atomic E-state index is -0.215. The van der Waals surface area contributed by atoms with Crippen LogP contribution in [0, 0.1) is 0 Å². The van der Waals surface area contributed by atoms with Crippen LogP contribution < -0.4 is 4.74 Å². The highest BCUT2D eigenvalue weighted by atomic mass is 32.1. The smallest absolute Gasteiger partial charge is 0.348 e. The van der Waals surface area contributed by atoms with Gasteiger partial charge in [-0.3, -0.25) is 0 Å². The molecular weight excluding hydrogens is 322 g/mol. The van der Waals surface area contributed by atoms with Gasteiger partial charge in [0.05, 0.1) is 13.7 Å². The van der Waals surface area contributed by atoms with Crippen molar-refractivity contribution < 1.29 is 14.3 Å². The molecule has 1 aliphatic rings. The molecule has 4 nitrogen and oxygen atoms in total. The SMILES string of the molecule is COc1ccc2cc(C(=O)OCCCCN3CCCCC3)sc2c1. The molecule has 5 heteroatoms. The molecular formula is C19H25NO3S. The number of rotatable bonds is 7. The number of carbonyl (C=O) groups is 1. The Hall–Kier alpha value is -1.59. The Morgan fingerprint density at radius 3 is 2.79 bits per heavy atom. The van der Waals surface area contributed by atoms with Crippen LogP contribution in [0.3, 0.4) is 0 Å². The van der Waals surface area contributed by atoms with E-state index in [0.29, 0.717) is 11.5 Å². The van der Waals surface area contributed by atoms with Crippen LogP contribution in [-0.4, -0.2) is 44.2 Å². The summed E-state index contributed by atoms with van der Waals surface area (Å²) >= 11 is 1.46. The molecule has 0 unspecified atom stereocenters. The molecule has 1 saturated heterocycles. The van der Waals surface area contributed by atoms with Gasteiger partial charge in [0.25, 0.3) is 0 Å². The van der Waals surface area contributed by atoms with Gasteiger partial charge in [-0.2, -0.15) is 0 Å². The van der Waals surface area contributed by atoms with Crippen LogP contribution in [0.5, 0.6) is 5.75 Å². The summed E-state index contributed by atoms with van der Waals surface area (Å²) < 4.78 is 11.7. The van der Waals surface area contributed by atoms with Crippen LogP contribution in [0.1, 0.15) is 41.8 Å². The van der Waals surface area contributed by atoms with Crippen molar-refractivity contribution in [1.29, 1.82) is 0 Å². The van der Waals surface area contributed by atoms with E-state index in [1.54, 1.807) is 7.11 Å². The minimum absolute atomic E-state index is 0.215. The number of unbranched alkanes of at least 4 members (excludes halogenated alkanes) is 1. The molecule has 1 aliphatic heterocycles. The number of hydrogen-bond acceptors (Lipinski definition) is 5. The van der Waals surface area contributed by atoms with Gasteiger partial charge in [-0.25, -0.2) is 4.79 Å². The van der Waals surface area contributed by atoms with E-state index >= 15 is 0 Å². The van der Waals surface area contributed by atoms with E-state index in [1.807, 2.05) is 24.3 Å². The Bertz CT molecular complexity index is 676. The second kappa shape index (κ2) is 8.49. The van der Waals surface area contributed by atoms with E-state index < -0.39 is 0 Å². The maximum atomic E-state index is 12.2. The normalized spacial score (nSPS) is 15.5. The predicted octanol–water partition coefficient (Wildman–Crippen LogP) is 4.33. The average molecular weight is 347 g/mol. The lowest BCUT2D eigenvalue weighted by molar-refractivity contribution is 0.0500. The molecule has 1 aromatic heterocycles. The summed E-state index contributed by atoms with van der Waals surface area (Å²) in [4.78, 5) is 15.4. The minimum Gasteiger partial charge on any atom is -0.497 e. The molecule has 3 rings (SSSR count). The lowest BCUT2D eigenvalue weighted by Crippen LogP contribution is -2.30. The molecule has 0 amide bonds. The topological polar surface area (TPSA) is 38.8 Å². The van der Waals surface area contributed by atoms with Crippen molar-refractivity contribution in [2.24, 2.45) is 0 Å². The van der Waals surface area contributed by atoms with Crippen LogP contribution in [0.15, 0.2) is 24.3 Å². The molecule has 130 valence electrons. The van der Waals surface area contributed by atoms with Crippen LogP contribution in [0.2, 0.25) is 0 Å². The number of likely N-dealkylation sites (tertiary alicyclic amines) is 1. The van der Waals surface area contributed by atoms with Gasteiger partial charge in [0.2, 0.25) is 0 Å². The summed E-state index contributed by atoms with van der Waals surface area (Å²) in [5, 5.41) is 1.05. The summed E-state index contributed by atoms with van der Waals surface area (Å²) in [5.41, 5.74) is 0. The number of esters is 1. The number of thiophene rings is 1. The van der Waals surface area contributed by atoms with Gasteiger partial charge >= 0.3 is 5.97 Å². The van der Waals surface area contributed by atoms with Crippen molar-refractivity contribution in [3.05, 3.63) is 29.1 Å². The summed E-state index contributed by atoms with van der Waals surface area (Å²) in [6, 6.07) is 7.73. The van der Waals surface area contributed by atoms with Gasteiger partial charge in [-0.1, -0.05) is 6.42 Å². The zero-order chi connectivity index (χ0) is 16.8. The Morgan fingerprint density at radius 2 is 2.00 bits per heavy atom. The van der Waals surface area contributed by atoms with Gasteiger partial charge in [-0.05, 0) is 75.0 Å². The average Bonchev–Trinajstić information content (AvgIpc) is 3.05. The molecule has 1 aromatic carbocycles. The number of ether oxygens (including phenoxy) is 2. The van der Waals surface area contributed by atoms with E-state index in [4.69, 9.17) is 9.47 Å². The maximum absolute atomic E-state index is 12.2. The van der Waals surface area contributed by atoms with E-state index in [-0.39, 0.29) is 5.97 Å². The molecule has 0 atom stereocenters.